The first-order valence-corrected chi connectivity index (χ1v) is 9.52. The molecule has 2 aromatic rings. The number of amides is 1. The molecule has 1 amide bonds. The summed E-state index contributed by atoms with van der Waals surface area (Å²) in [7, 11) is 0. The van der Waals surface area contributed by atoms with Crippen LogP contribution in [0.15, 0.2) is 24.3 Å². The molecule has 9 nitrogen and oxygen atoms in total. The van der Waals surface area contributed by atoms with E-state index in [-0.39, 0.29) is 18.7 Å². The molecular formula is C19H24N4O5. The number of aromatic nitrogens is 3. The molecule has 4 rings (SSSR count). The van der Waals surface area contributed by atoms with E-state index in [4.69, 9.17) is 18.9 Å². The zero-order valence-corrected chi connectivity index (χ0v) is 15.9. The number of carbonyl (C=O) groups is 1. The molecule has 0 saturated carbocycles. The van der Waals surface area contributed by atoms with Crippen LogP contribution in [-0.4, -0.2) is 58.7 Å². The number of rotatable bonds is 8. The molecule has 0 spiro atoms. The van der Waals surface area contributed by atoms with Gasteiger partial charge in [-0.1, -0.05) is 0 Å². The molecule has 0 radical (unpaired) electrons. The van der Waals surface area contributed by atoms with Crippen LogP contribution < -0.4 is 9.47 Å². The normalized spacial score (nSPS) is 19.1. The van der Waals surface area contributed by atoms with Crippen molar-refractivity contribution in [1.82, 2.24) is 19.7 Å². The van der Waals surface area contributed by atoms with Gasteiger partial charge >= 0.3 is 6.09 Å². The molecule has 0 aliphatic carbocycles. The average Bonchev–Trinajstić information content (AvgIpc) is 3.44. The minimum absolute atomic E-state index is 0.125. The largest absolute Gasteiger partial charge is 0.494 e. The first kappa shape index (κ1) is 18.5. The van der Waals surface area contributed by atoms with Crippen molar-refractivity contribution in [3.05, 3.63) is 35.9 Å². The van der Waals surface area contributed by atoms with Gasteiger partial charge in [0.2, 0.25) is 0 Å². The summed E-state index contributed by atoms with van der Waals surface area (Å²) >= 11 is 0. The summed E-state index contributed by atoms with van der Waals surface area (Å²) in [6, 6.07) is 7.57. The van der Waals surface area contributed by atoms with Gasteiger partial charge in [-0.15, -0.1) is 0 Å². The quantitative estimate of drug-likeness (QED) is 0.685. The Morgan fingerprint density at radius 1 is 1.18 bits per heavy atom. The van der Waals surface area contributed by atoms with Crippen molar-refractivity contribution in [1.29, 1.82) is 0 Å². The predicted molar refractivity (Wildman–Crippen MR) is 98.2 cm³/mol. The van der Waals surface area contributed by atoms with E-state index in [1.807, 2.05) is 35.9 Å². The monoisotopic (exact) mass is 388 g/mol. The van der Waals surface area contributed by atoms with Crippen LogP contribution in [0.4, 0.5) is 4.79 Å². The van der Waals surface area contributed by atoms with Crippen molar-refractivity contribution in [3.63, 3.8) is 0 Å². The third-order valence-electron chi connectivity index (χ3n) is 4.68. The first-order valence-electron chi connectivity index (χ1n) is 9.52. The fourth-order valence-electron chi connectivity index (χ4n) is 3.27. The lowest BCUT2D eigenvalue weighted by atomic mass is 10.2. The molecule has 1 aromatic heterocycles. The molecule has 1 unspecified atom stereocenters. The number of carbonyl (C=O) groups excluding carboxylic acids is 1. The van der Waals surface area contributed by atoms with Gasteiger partial charge < -0.3 is 18.9 Å². The maximum absolute atomic E-state index is 11.8. The van der Waals surface area contributed by atoms with Gasteiger partial charge in [0.15, 0.2) is 5.82 Å². The zero-order valence-electron chi connectivity index (χ0n) is 15.9. The lowest BCUT2D eigenvalue weighted by molar-refractivity contribution is 0.155. The molecule has 0 N–H and O–H groups in total. The summed E-state index contributed by atoms with van der Waals surface area (Å²) in [6.07, 6.45) is 0.560. The number of hydrogen-bond acceptors (Lipinski definition) is 7. The van der Waals surface area contributed by atoms with Crippen LogP contribution in [0, 0.1) is 0 Å². The smallest absolute Gasteiger partial charge is 0.410 e. The average molecular weight is 388 g/mol. The Labute approximate surface area is 163 Å². The molecule has 3 heterocycles. The minimum Gasteiger partial charge on any atom is -0.494 e. The van der Waals surface area contributed by atoms with Crippen molar-refractivity contribution in [2.24, 2.45) is 0 Å². The predicted octanol–water partition coefficient (Wildman–Crippen LogP) is 2.17. The van der Waals surface area contributed by atoms with Gasteiger partial charge in [-0.3, -0.25) is 4.90 Å². The van der Waals surface area contributed by atoms with E-state index >= 15 is 0 Å². The molecule has 2 saturated heterocycles. The van der Waals surface area contributed by atoms with Crippen molar-refractivity contribution >= 4 is 6.09 Å². The maximum atomic E-state index is 11.8. The van der Waals surface area contributed by atoms with Crippen LogP contribution in [0.5, 0.6) is 11.5 Å². The molecule has 9 heteroatoms. The highest BCUT2D eigenvalue weighted by Gasteiger charge is 2.28. The Morgan fingerprint density at radius 3 is 2.61 bits per heavy atom. The summed E-state index contributed by atoms with van der Waals surface area (Å²) in [6.45, 7) is 5.45. The van der Waals surface area contributed by atoms with Crippen molar-refractivity contribution < 1.29 is 23.7 Å². The van der Waals surface area contributed by atoms with Crippen LogP contribution in [0.2, 0.25) is 0 Å². The Hall–Kier alpha value is -2.81. The Bertz CT molecular complexity index is 801. The van der Waals surface area contributed by atoms with E-state index in [9.17, 15) is 4.79 Å². The molecule has 2 aliphatic heterocycles. The molecule has 1 atom stereocenters. The van der Waals surface area contributed by atoms with Gasteiger partial charge in [-0.05, 0) is 37.6 Å². The highest BCUT2D eigenvalue weighted by atomic mass is 16.6. The Balaban J connectivity index is 1.45. The number of ether oxygens (including phenoxy) is 4. The Morgan fingerprint density at radius 2 is 1.96 bits per heavy atom. The third kappa shape index (κ3) is 4.19. The fraction of sp³-hybridized carbons (Fsp3) is 0.526. The van der Waals surface area contributed by atoms with Gasteiger partial charge in [0.05, 0.1) is 32.3 Å². The van der Waals surface area contributed by atoms with E-state index in [1.54, 1.807) is 4.90 Å². The van der Waals surface area contributed by atoms with Gasteiger partial charge in [-0.25, -0.2) is 14.5 Å². The zero-order chi connectivity index (χ0) is 19.3. The van der Waals surface area contributed by atoms with Gasteiger partial charge in [0.1, 0.15) is 30.5 Å². The SMILES string of the molecule is CCOc1ccc(OCc2nc(CN3CCOC3=O)n(C3CCOC3)n2)cc1. The van der Waals surface area contributed by atoms with Crippen molar-refractivity contribution in [2.45, 2.75) is 32.5 Å². The number of cyclic esters (lactones) is 1. The van der Waals surface area contributed by atoms with Crippen LogP contribution in [0.1, 0.15) is 31.0 Å². The maximum Gasteiger partial charge on any atom is 0.410 e. The second kappa shape index (κ2) is 8.47. The van der Waals surface area contributed by atoms with E-state index in [1.165, 1.54) is 0 Å². The molecule has 2 aliphatic rings. The van der Waals surface area contributed by atoms with Crippen molar-refractivity contribution in [3.8, 4) is 11.5 Å². The second-order valence-corrected chi connectivity index (χ2v) is 6.64. The molecular weight excluding hydrogens is 364 g/mol. The second-order valence-electron chi connectivity index (χ2n) is 6.64. The summed E-state index contributed by atoms with van der Waals surface area (Å²) in [5, 5.41) is 4.62. The van der Waals surface area contributed by atoms with Crippen LogP contribution in [-0.2, 0) is 22.6 Å². The van der Waals surface area contributed by atoms with Gasteiger partial charge in [-0.2, -0.15) is 5.10 Å². The summed E-state index contributed by atoms with van der Waals surface area (Å²) < 4.78 is 23.6. The topological polar surface area (TPSA) is 87.9 Å². The lowest BCUT2D eigenvalue weighted by Gasteiger charge is -2.15. The summed E-state index contributed by atoms with van der Waals surface area (Å²) in [4.78, 5) is 18.0. The molecule has 150 valence electrons. The number of nitrogens with zero attached hydrogens (tertiary/aromatic N) is 4. The number of hydrogen-bond donors (Lipinski definition) is 0. The highest BCUT2D eigenvalue weighted by Crippen LogP contribution is 2.22. The van der Waals surface area contributed by atoms with E-state index in [0.29, 0.717) is 51.1 Å². The van der Waals surface area contributed by atoms with E-state index < -0.39 is 0 Å². The standard InChI is InChI=1S/C19H24N4O5/c1-2-26-15-3-5-16(6-4-15)28-13-17-20-18(11-22-8-10-27-19(22)24)23(21-17)14-7-9-25-12-14/h3-6,14H,2,7-13H2,1H3. The van der Waals surface area contributed by atoms with Crippen LogP contribution >= 0.6 is 0 Å². The first-order chi connectivity index (χ1) is 13.7. The van der Waals surface area contributed by atoms with Gasteiger partial charge in [0, 0.05) is 6.61 Å². The summed E-state index contributed by atoms with van der Waals surface area (Å²) in [5.41, 5.74) is 0. The van der Waals surface area contributed by atoms with Crippen LogP contribution in [0.25, 0.3) is 0 Å². The molecule has 0 bridgehead atoms. The van der Waals surface area contributed by atoms with E-state index in [2.05, 4.69) is 10.1 Å². The minimum atomic E-state index is -0.315. The lowest BCUT2D eigenvalue weighted by Crippen LogP contribution is -2.26. The van der Waals surface area contributed by atoms with Crippen LogP contribution in [0.3, 0.4) is 0 Å². The van der Waals surface area contributed by atoms with E-state index in [0.717, 1.165) is 18.0 Å². The molecule has 2 fully saturated rings. The fourth-order valence-corrected chi connectivity index (χ4v) is 3.27. The molecule has 28 heavy (non-hydrogen) atoms. The van der Waals surface area contributed by atoms with Gasteiger partial charge in [0.25, 0.3) is 0 Å². The molecule has 1 aromatic carbocycles. The highest BCUT2D eigenvalue weighted by molar-refractivity contribution is 5.69. The Kier molecular flexibility index (Phi) is 5.61. The number of benzene rings is 1. The summed E-state index contributed by atoms with van der Waals surface area (Å²) in [5.74, 6) is 2.81. The van der Waals surface area contributed by atoms with Crippen molar-refractivity contribution in [2.75, 3.05) is 33.0 Å². The third-order valence-corrected chi connectivity index (χ3v) is 4.68.